The van der Waals surface area contributed by atoms with Crippen molar-refractivity contribution < 1.29 is 14.7 Å². The topological polar surface area (TPSA) is 79.3 Å². The molecule has 0 aliphatic carbocycles. The summed E-state index contributed by atoms with van der Waals surface area (Å²) in [7, 11) is 0. The van der Waals surface area contributed by atoms with Gasteiger partial charge in [-0.25, -0.2) is 0 Å². The Morgan fingerprint density at radius 3 is 2.11 bits per heavy atom. The number of aromatic nitrogens is 1. The zero-order valence-electron chi connectivity index (χ0n) is 21.8. The van der Waals surface area contributed by atoms with Gasteiger partial charge in [-0.15, -0.1) is 0 Å². The third-order valence-electron chi connectivity index (χ3n) is 7.08. The first-order valence-corrected chi connectivity index (χ1v) is 13.1. The van der Waals surface area contributed by atoms with Crippen molar-refractivity contribution in [3.63, 3.8) is 0 Å². The molecule has 1 aromatic heterocycles. The molecule has 4 aromatic rings. The number of hydrogen-bond acceptors (Lipinski definition) is 3. The Balaban J connectivity index is 1.25. The van der Waals surface area contributed by atoms with Crippen LogP contribution in [0.25, 0.3) is 11.3 Å². The molecule has 0 spiro atoms. The molecule has 0 saturated carbocycles. The number of rotatable bonds is 12. The minimum Gasteiger partial charge on any atom is -0.481 e. The van der Waals surface area contributed by atoms with E-state index in [2.05, 4.69) is 22.4 Å². The maximum absolute atomic E-state index is 12.5. The molecule has 1 heterocycles. The molecule has 4 rings (SSSR count). The van der Waals surface area contributed by atoms with Crippen LogP contribution in [0.15, 0.2) is 103 Å². The summed E-state index contributed by atoms with van der Waals surface area (Å²) in [6.45, 7) is 2.38. The maximum atomic E-state index is 12.5. The number of carboxylic acid groups (broad SMARTS) is 1. The molecule has 194 valence electrons. The van der Waals surface area contributed by atoms with Crippen molar-refractivity contribution >= 4 is 11.9 Å². The van der Waals surface area contributed by atoms with E-state index in [4.69, 9.17) is 0 Å². The summed E-state index contributed by atoms with van der Waals surface area (Å²) in [6, 6.07) is 31.3. The van der Waals surface area contributed by atoms with Crippen LogP contribution in [0.1, 0.15) is 53.2 Å². The van der Waals surface area contributed by atoms with E-state index in [9.17, 15) is 14.7 Å². The number of aliphatic carboxylic acids is 1. The van der Waals surface area contributed by atoms with Gasteiger partial charge in [0.05, 0.1) is 11.1 Å². The van der Waals surface area contributed by atoms with Crippen LogP contribution in [0.2, 0.25) is 0 Å². The van der Waals surface area contributed by atoms with Crippen LogP contribution >= 0.6 is 0 Å². The fourth-order valence-electron chi connectivity index (χ4n) is 4.63. The Hall–Kier alpha value is -4.25. The molecule has 1 atom stereocenters. The van der Waals surface area contributed by atoms with Crippen LogP contribution < -0.4 is 5.32 Å². The normalized spacial score (nSPS) is 12.4. The van der Waals surface area contributed by atoms with Gasteiger partial charge in [-0.2, -0.15) is 0 Å². The molecular weight excluding hydrogens is 472 g/mol. The summed E-state index contributed by atoms with van der Waals surface area (Å²) in [5.41, 5.74) is 4.72. The van der Waals surface area contributed by atoms with Gasteiger partial charge in [-0.1, -0.05) is 72.8 Å². The highest BCUT2D eigenvalue weighted by Crippen LogP contribution is 2.30. The Bertz CT molecular complexity index is 1320. The second-order valence-electron chi connectivity index (χ2n) is 9.83. The van der Waals surface area contributed by atoms with Gasteiger partial charge in [0.2, 0.25) is 0 Å². The third-order valence-corrected chi connectivity index (χ3v) is 7.08. The van der Waals surface area contributed by atoms with Gasteiger partial charge in [0.1, 0.15) is 0 Å². The number of carbonyl (C=O) groups excluding carboxylic acids is 1. The van der Waals surface area contributed by atoms with E-state index in [1.54, 1.807) is 6.20 Å². The van der Waals surface area contributed by atoms with Crippen molar-refractivity contribution in [1.29, 1.82) is 0 Å². The fraction of sp³-hybridized carbons (Fsp3) is 0.242. The van der Waals surface area contributed by atoms with Gasteiger partial charge in [-0.3, -0.25) is 14.6 Å². The number of nitrogens with zero attached hydrogens (tertiary/aromatic N) is 1. The van der Waals surface area contributed by atoms with Gasteiger partial charge in [0, 0.05) is 23.9 Å². The van der Waals surface area contributed by atoms with Crippen LogP contribution in [-0.4, -0.2) is 28.5 Å². The summed E-state index contributed by atoms with van der Waals surface area (Å²) >= 11 is 0. The molecule has 1 amide bonds. The molecule has 0 radical (unpaired) electrons. The zero-order chi connectivity index (χ0) is 26.8. The van der Waals surface area contributed by atoms with E-state index in [-0.39, 0.29) is 5.91 Å². The number of carboxylic acids is 1. The molecule has 0 aliphatic rings. The van der Waals surface area contributed by atoms with E-state index < -0.39 is 11.4 Å². The first-order chi connectivity index (χ1) is 18.5. The molecule has 0 fully saturated rings. The van der Waals surface area contributed by atoms with Gasteiger partial charge in [0.15, 0.2) is 0 Å². The molecule has 0 aliphatic heterocycles. The molecule has 38 heavy (non-hydrogen) atoms. The number of hydrogen-bond donors (Lipinski definition) is 2. The predicted molar refractivity (Wildman–Crippen MR) is 151 cm³/mol. The summed E-state index contributed by atoms with van der Waals surface area (Å²) in [5, 5.41) is 13.0. The Kier molecular flexibility index (Phi) is 9.04. The van der Waals surface area contributed by atoms with Crippen LogP contribution in [0.5, 0.6) is 0 Å². The van der Waals surface area contributed by atoms with Crippen molar-refractivity contribution in [2.75, 3.05) is 6.54 Å². The second-order valence-corrected chi connectivity index (χ2v) is 9.83. The number of pyridine rings is 1. The number of carbonyl (C=O) groups is 2. The predicted octanol–water partition coefficient (Wildman–Crippen LogP) is 6.48. The zero-order valence-corrected chi connectivity index (χ0v) is 21.8. The van der Waals surface area contributed by atoms with Gasteiger partial charge in [-0.05, 0) is 80.0 Å². The van der Waals surface area contributed by atoms with Crippen molar-refractivity contribution in [3.05, 3.63) is 126 Å². The highest BCUT2D eigenvalue weighted by atomic mass is 16.4. The fourth-order valence-corrected chi connectivity index (χ4v) is 4.63. The van der Waals surface area contributed by atoms with Gasteiger partial charge in [0.25, 0.3) is 5.91 Å². The second kappa shape index (κ2) is 12.8. The highest BCUT2D eigenvalue weighted by molar-refractivity contribution is 5.94. The van der Waals surface area contributed by atoms with Crippen molar-refractivity contribution in [2.24, 2.45) is 0 Å². The molecular formula is C33H34N2O3. The molecule has 3 aromatic carbocycles. The summed E-state index contributed by atoms with van der Waals surface area (Å²) in [6.07, 6.45) is 5.59. The largest absolute Gasteiger partial charge is 0.481 e. The van der Waals surface area contributed by atoms with Crippen LogP contribution in [-0.2, 0) is 23.1 Å². The lowest BCUT2D eigenvalue weighted by Crippen LogP contribution is -2.32. The summed E-state index contributed by atoms with van der Waals surface area (Å²) in [4.78, 5) is 29.0. The first-order valence-electron chi connectivity index (χ1n) is 13.1. The third kappa shape index (κ3) is 6.94. The lowest BCUT2D eigenvalue weighted by atomic mass is 9.77. The Morgan fingerprint density at radius 1 is 0.789 bits per heavy atom. The summed E-state index contributed by atoms with van der Waals surface area (Å²) in [5.74, 6) is -0.894. The van der Waals surface area contributed by atoms with Gasteiger partial charge < -0.3 is 10.4 Å². The van der Waals surface area contributed by atoms with E-state index >= 15 is 0 Å². The first kappa shape index (κ1) is 26.8. The Labute approximate surface area is 224 Å². The van der Waals surface area contributed by atoms with Crippen molar-refractivity contribution in [3.8, 4) is 11.3 Å². The molecule has 2 N–H and O–H groups in total. The molecule has 0 bridgehead atoms. The van der Waals surface area contributed by atoms with E-state index in [0.717, 1.165) is 48.1 Å². The standard InChI is InChI=1S/C33H34N2O3/c1-33(32(37)38,22-7-11-25-9-3-2-4-10-25)29-20-14-26(15-21-29)12-8-24-35-31(36)28-18-16-27(17-19-28)30-13-5-6-23-34-30/h2-6,9-10,13-21,23H,7-8,11-12,22,24H2,1H3,(H,35,36)(H,37,38). The summed E-state index contributed by atoms with van der Waals surface area (Å²) < 4.78 is 0. The lowest BCUT2D eigenvalue weighted by Gasteiger charge is -2.25. The smallest absolute Gasteiger partial charge is 0.313 e. The van der Waals surface area contributed by atoms with E-state index in [1.165, 1.54) is 5.56 Å². The quantitative estimate of drug-likeness (QED) is 0.216. The van der Waals surface area contributed by atoms with Gasteiger partial charge >= 0.3 is 5.97 Å². The van der Waals surface area contributed by atoms with Crippen LogP contribution in [0.4, 0.5) is 0 Å². The molecule has 1 unspecified atom stereocenters. The molecule has 5 nitrogen and oxygen atoms in total. The lowest BCUT2D eigenvalue weighted by molar-refractivity contribution is -0.143. The van der Waals surface area contributed by atoms with Crippen LogP contribution in [0.3, 0.4) is 0 Å². The average molecular weight is 507 g/mol. The molecule has 5 heteroatoms. The Morgan fingerprint density at radius 2 is 1.45 bits per heavy atom. The van der Waals surface area contributed by atoms with Crippen molar-refractivity contribution in [2.45, 2.75) is 44.4 Å². The number of nitrogens with one attached hydrogen (secondary N) is 1. The van der Waals surface area contributed by atoms with Crippen LogP contribution in [0, 0.1) is 0 Å². The minimum atomic E-state index is -0.923. The van der Waals surface area contributed by atoms with Crippen molar-refractivity contribution in [1.82, 2.24) is 10.3 Å². The number of amides is 1. The van der Waals surface area contributed by atoms with E-state index in [1.807, 2.05) is 91.9 Å². The minimum absolute atomic E-state index is 0.0966. The number of benzene rings is 3. The SMILES string of the molecule is CC(CCCc1ccccc1)(C(=O)O)c1ccc(CCCNC(=O)c2ccc(-c3ccccn3)cc2)cc1. The monoisotopic (exact) mass is 506 g/mol. The maximum Gasteiger partial charge on any atom is 0.313 e. The van der Waals surface area contributed by atoms with E-state index in [0.29, 0.717) is 18.5 Å². The molecule has 0 saturated heterocycles. The average Bonchev–Trinajstić information content (AvgIpc) is 2.96. The number of aryl methyl sites for hydroxylation is 2. The highest BCUT2D eigenvalue weighted by Gasteiger charge is 2.34.